The molecule has 0 aromatic rings. The molecule has 1 amide bonds. The minimum atomic E-state index is -0.484. The average molecular weight is 320 g/mol. The topological polar surface area (TPSA) is 67.9 Å². The summed E-state index contributed by atoms with van der Waals surface area (Å²) in [6.45, 7) is 6.72. The number of ether oxygens (including phenoxy) is 2. The summed E-state index contributed by atoms with van der Waals surface area (Å²) in [5.74, 6) is -0.315. The predicted octanol–water partition coefficient (Wildman–Crippen LogP) is 2.14. The van der Waals surface area contributed by atoms with Gasteiger partial charge in [0.2, 0.25) is 0 Å². The summed E-state index contributed by atoms with van der Waals surface area (Å²) in [5.41, 5.74) is 1.69. The van der Waals surface area contributed by atoms with Crippen molar-refractivity contribution in [2.75, 3.05) is 20.2 Å². The maximum atomic E-state index is 12.0. The number of methoxy groups -OCH3 is 1. The largest absolute Gasteiger partial charge is 0.467 e. The number of hydrogen-bond donors (Lipinski definition) is 1. The number of amides is 1. The number of carbonyl (C=O) groups excluding carboxylic acids is 2. The normalized spacial score (nSPS) is 21.0. The summed E-state index contributed by atoms with van der Waals surface area (Å²) in [7, 11) is 1.37. The number of nitrogens with zero attached hydrogens (tertiary/aromatic N) is 1. The van der Waals surface area contributed by atoms with Crippen LogP contribution in [-0.4, -0.2) is 48.8 Å². The van der Waals surface area contributed by atoms with Gasteiger partial charge in [0.25, 0.3) is 0 Å². The predicted molar refractivity (Wildman–Crippen MR) is 86.7 cm³/mol. The summed E-state index contributed by atoms with van der Waals surface area (Å²) in [4.78, 5) is 25.2. The van der Waals surface area contributed by atoms with Crippen LogP contribution in [0.1, 0.15) is 27.2 Å². The van der Waals surface area contributed by atoms with E-state index in [0.717, 1.165) is 17.6 Å². The Morgan fingerprint density at radius 3 is 2.57 bits per heavy atom. The molecule has 0 saturated heterocycles. The van der Waals surface area contributed by atoms with Gasteiger partial charge in [0.1, 0.15) is 11.6 Å². The van der Waals surface area contributed by atoms with E-state index in [-0.39, 0.29) is 12.1 Å². The molecule has 6 nitrogen and oxygen atoms in total. The third-order valence-electron chi connectivity index (χ3n) is 3.57. The van der Waals surface area contributed by atoms with Crippen LogP contribution in [0.25, 0.3) is 0 Å². The second kappa shape index (κ2) is 6.89. The van der Waals surface area contributed by atoms with E-state index in [1.165, 1.54) is 7.11 Å². The van der Waals surface area contributed by atoms with E-state index in [2.05, 4.69) is 5.32 Å². The Hall–Kier alpha value is -2.24. The highest BCUT2D eigenvalue weighted by Crippen LogP contribution is 2.23. The standard InChI is InChI=1S/C17H24N2O4/c1-17(2,3)23-16(21)19-9-7-12(8-10-19)13-5-6-14(18-11-13)15(20)22-4/h5-7,11,14,18H,8-10H2,1-4H3/t14-/m1/s1. The average Bonchev–Trinajstić information content (AvgIpc) is 2.53. The van der Waals surface area contributed by atoms with Gasteiger partial charge in [-0.2, -0.15) is 0 Å². The summed E-state index contributed by atoms with van der Waals surface area (Å²) < 4.78 is 10.1. The fourth-order valence-corrected chi connectivity index (χ4v) is 2.38. The molecule has 0 aliphatic carbocycles. The number of carbonyl (C=O) groups is 2. The number of allylic oxidation sites excluding steroid dienone is 2. The highest BCUT2D eigenvalue weighted by Gasteiger charge is 2.25. The van der Waals surface area contributed by atoms with Crippen LogP contribution in [0, 0.1) is 0 Å². The number of rotatable bonds is 2. The molecule has 126 valence electrons. The van der Waals surface area contributed by atoms with Crippen LogP contribution < -0.4 is 5.32 Å². The molecule has 0 aromatic heterocycles. The molecule has 0 fully saturated rings. The Morgan fingerprint density at radius 1 is 1.35 bits per heavy atom. The zero-order chi connectivity index (χ0) is 17.0. The molecule has 2 heterocycles. The third kappa shape index (κ3) is 4.61. The first-order valence-electron chi connectivity index (χ1n) is 7.70. The van der Waals surface area contributed by atoms with Gasteiger partial charge in [0.05, 0.1) is 7.11 Å². The molecule has 1 atom stereocenters. The smallest absolute Gasteiger partial charge is 0.410 e. The van der Waals surface area contributed by atoms with Gasteiger partial charge in [-0.05, 0) is 38.3 Å². The van der Waals surface area contributed by atoms with Gasteiger partial charge < -0.3 is 19.7 Å². The van der Waals surface area contributed by atoms with E-state index in [0.29, 0.717) is 13.1 Å². The van der Waals surface area contributed by atoms with Crippen molar-refractivity contribution in [1.29, 1.82) is 0 Å². The van der Waals surface area contributed by atoms with Gasteiger partial charge in [0, 0.05) is 19.3 Å². The van der Waals surface area contributed by atoms with Gasteiger partial charge >= 0.3 is 12.1 Å². The van der Waals surface area contributed by atoms with Gasteiger partial charge in [0.15, 0.2) is 0 Å². The third-order valence-corrected chi connectivity index (χ3v) is 3.57. The van der Waals surface area contributed by atoms with Crippen LogP contribution in [0.4, 0.5) is 4.79 Å². The monoisotopic (exact) mass is 320 g/mol. The molecule has 0 spiro atoms. The molecule has 2 aliphatic heterocycles. The van der Waals surface area contributed by atoms with Gasteiger partial charge in [-0.15, -0.1) is 0 Å². The van der Waals surface area contributed by atoms with E-state index in [4.69, 9.17) is 9.47 Å². The lowest BCUT2D eigenvalue weighted by Gasteiger charge is -2.30. The fraction of sp³-hybridized carbons (Fsp3) is 0.529. The van der Waals surface area contributed by atoms with E-state index >= 15 is 0 Å². The summed E-state index contributed by atoms with van der Waals surface area (Å²) in [5, 5.41) is 3.01. The molecule has 0 unspecified atom stereocenters. The van der Waals surface area contributed by atoms with Crippen LogP contribution in [0.5, 0.6) is 0 Å². The quantitative estimate of drug-likeness (QED) is 0.790. The molecule has 23 heavy (non-hydrogen) atoms. The second-order valence-corrected chi connectivity index (χ2v) is 6.53. The van der Waals surface area contributed by atoms with Crippen LogP contribution in [0.2, 0.25) is 0 Å². The second-order valence-electron chi connectivity index (χ2n) is 6.53. The van der Waals surface area contributed by atoms with E-state index < -0.39 is 11.6 Å². The maximum absolute atomic E-state index is 12.0. The van der Waals surface area contributed by atoms with Gasteiger partial charge in [-0.25, -0.2) is 9.59 Å². The van der Waals surface area contributed by atoms with Crippen molar-refractivity contribution >= 4 is 12.1 Å². The van der Waals surface area contributed by atoms with E-state index in [1.54, 1.807) is 11.0 Å². The van der Waals surface area contributed by atoms with Crippen LogP contribution in [-0.2, 0) is 14.3 Å². The van der Waals surface area contributed by atoms with Gasteiger partial charge in [-0.1, -0.05) is 18.2 Å². The lowest BCUT2D eigenvalue weighted by atomic mass is 9.97. The first-order valence-corrected chi connectivity index (χ1v) is 7.70. The highest BCUT2D eigenvalue weighted by molar-refractivity contribution is 5.79. The van der Waals surface area contributed by atoms with Crippen molar-refractivity contribution in [2.45, 2.75) is 38.8 Å². The minimum Gasteiger partial charge on any atom is -0.467 e. The summed E-state index contributed by atoms with van der Waals surface area (Å²) >= 11 is 0. The number of nitrogens with one attached hydrogen (secondary N) is 1. The molecule has 2 aliphatic rings. The first kappa shape index (κ1) is 17.1. The Labute approximate surface area is 136 Å². The van der Waals surface area contributed by atoms with E-state index in [1.807, 2.05) is 39.1 Å². The number of dihydropyridines is 1. The Balaban J connectivity index is 1.93. The first-order chi connectivity index (χ1) is 10.8. The van der Waals surface area contributed by atoms with Crippen molar-refractivity contribution in [2.24, 2.45) is 0 Å². The minimum absolute atomic E-state index is 0.287. The molecule has 0 aromatic carbocycles. The SMILES string of the molecule is COC(=O)[C@H]1C=CC(C2=CCN(C(=O)OC(C)(C)C)CC2)=CN1. The Bertz CT molecular complexity index is 570. The summed E-state index contributed by atoms with van der Waals surface area (Å²) in [6, 6.07) is -0.439. The fourth-order valence-electron chi connectivity index (χ4n) is 2.38. The van der Waals surface area contributed by atoms with Crippen LogP contribution >= 0.6 is 0 Å². The Morgan fingerprint density at radius 2 is 2.09 bits per heavy atom. The van der Waals surface area contributed by atoms with Crippen LogP contribution in [0.15, 0.2) is 35.6 Å². The Kier molecular flexibility index (Phi) is 5.13. The number of hydrogen-bond acceptors (Lipinski definition) is 5. The van der Waals surface area contributed by atoms with Gasteiger partial charge in [-0.3, -0.25) is 0 Å². The summed E-state index contributed by atoms with van der Waals surface area (Å²) in [6.07, 6.45) is 7.99. The molecular formula is C17H24N2O4. The van der Waals surface area contributed by atoms with Crippen molar-refractivity contribution in [3.05, 3.63) is 35.6 Å². The molecule has 1 N–H and O–H groups in total. The highest BCUT2D eigenvalue weighted by atomic mass is 16.6. The van der Waals surface area contributed by atoms with Crippen molar-refractivity contribution in [3.8, 4) is 0 Å². The molecule has 0 bridgehead atoms. The lowest BCUT2D eigenvalue weighted by molar-refractivity contribution is -0.141. The maximum Gasteiger partial charge on any atom is 0.410 e. The lowest BCUT2D eigenvalue weighted by Crippen LogP contribution is -2.39. The molecule has 6 heteroatoms. The van der Waals surface area contributed by atoms with Crippen molar-refractivity contribution in [1.82, 2.24) is 10.2 Å². The zero-order valence-electron chi connectivity index (χ0n) is 14.1. The number of esters is 1. The van der Waals surface area contributed by atoms with E-state index in [9.17, 15) is 9.59 Å². The van der Waals surface area contributed by atoms with Crippen molar-refractivity contribution < 1.29 is 19.1 Å². The zero-order valence-corrected chi connectivity index (χ0v) is 14.1. The molecule has 2 rings (SSSR count). The molecule has 0 radical (unpaired) electrons. The van der Waals surface area contributed by atoms with Crippen molar-refractivity contribution in [3.63, 3.8) is 0 Å². The van der Waals surface area contributed by atoms with Crippen LogP contribution in [0.3, 0.4) is 0 Å². The molecule has 0 saturated carbocycles. The molecular weight excluding hydrogens is 296 g/mol.